The van der Waals surface area contributed by atoms with Crippen molar-refractivity contribution in [3.63, 3.8) is 0 Å². The third-order valence-electron chi connectivity index (χ3n) is 5.95. The summed E-state index contributed by atoms with van der Waals surface area (Å²) >= 11 is 0. The molecule has 2 amide bonds. The maximum Gasteiger partial charge on any atom is 0.241 e. The highest BCUT2D eigenvalue weighted by molar-refractivity contribution is 5.96. The molecule has 162 valence electrons. The van der Waals surface area contributed by atoms with Crippen molar-refractivity contribution in [3.8, 4) is 0 Å². The lowest BCUT2D eigenvalue weighted by atomic mass is 10.1. The van der Waals surface area contributed by atoms with Crippen LogP contribution in [0.15, 0.2) is 24.3 Å². The van der Waals surface area contributed by atoms with Crippen molar-refractivity contribution in [1.29, 1.82) is 0 Å². The van der Waals surface area contributed by atoms with Crippen LogP contribution in [0.1, 0.15) is 12.0 Å². The maximum atomic E-state index is 12.7. The number of anilines is 1. The summed E-state index contributed by atoms with van der Waals surface area (Å²) in [5.74, 6) is 0.314. The summed E-state index contributed by atoms with van der Waals surface area (Å²) in [7, 11) is 1.69. The van der Waals surface area contributed by atoms with Gasteiger partial charge in [0.2, 0.25) is 11.8 Å². The molecule has 2 atom stereocenters. The Morgan fingerprint density at radius 3 is 2.52 bits per heavy atom. The van der Waals surface area contributed by atoms with Crippen LogP contribution in [-0.2, 0) is 20.7 Å². The summed E-state index contributed by atoms with van der Waals surface area (Å²) in [6.45, 7) is 4.77. The van der Waals surface area contributed by atoms with E-state index in [1.807, 2.05) is 28.0 Å². The molecular weight excluding hydrogens is 415 g/mol. The van der Waals surface area contributed by atoms with Crippen LogP contribution < -0.4 is 10.2 Å². The van der Waals surface area contributed by atoms with Crippen molar-refractivity contribution >= 4 is 42.3 Å². The van der Waals surface area contributed by atoms with E-state index in [4.69, 9.17) is 4.74 Å². The van der Waals surface area contributed by atoms with E-state index in [-0.39, 0.29) is 48.8 Å². The molecular formula is C20H30Cl2N4O3. The van der Waals surface area contributed by atoms with Gasteiger partial charge in [-0.15, -0.1) is 24.8 Å². The lowest BCUT2D eigenvalue weighted by Crippen LogP contribution is -2.54. The molecule has 3 heterocycles. The minimum absolute atomic E-state index is 0. The fourth-order valence-corrected chi connectivity index (χ4v) is 4.29. The second-order valence-corrected chi connectivity index (χ2v) is 7.58. The van der Waals surface area contributed by atoms with Crippen LogP contribution in [0.5, 0.6) is 0 Å². The van der Waals surface area contributed by atoms with E-state index in [1.54, 1.807) is 7.11 Å². The molecule has 1 aromatic carbocycles. The zero-order valence-corrected chi connectivity index (χ0v) is 18.3. The fourth-order valence-electron chi connectivity index (χ4n) is 4.29. The van der Waals surface area contributed by atoms with Crippen LogP contribution in [0, 0.1) is 0 Å². The lowest BCUT2D eigenvalue weighted by molar-refractivity contribution is -0.135. The first kappa shape index (κ1) is 23.9. The van der Waals surface area contributed by atoms with E-state index >= 15 is 0 Å². The van der Waals surface area contributed by atoms with Crippen LogP contribution in [0.2, 0.25) is 0 Å². The maximum absolute atomic E-state index is 12.7. The molecule has 3 aliphatic rings. The van der Waals surface area contributed by atoms with Gasteiger partial charge < -0.3 is 19.9 Å². The van der Waals surface area contributed by atoms with Crippen molar-refractivity contribution < 1.29 is 14.3 Å². The quantitative estimate of drug-likeness (QED) is 0.748. The van der Waals surface area contributed by atoms with Gasteiger partial charge in [0.15, 0.2) is 0 Å². The predicted octanol–water partition coefficient (Wildman–Crippen LogP) is 0.940. The van der Waals surface area contributed by atoms with Crippen molar-refractivity contribution in [2.75, 3.05) is 57.8 Å². The number of nitrogens with zero attached hydrogens (tertiary/aromatic N) is 3. The minimum Gasteiger partial charge on any atom is -0.380 e. The van der Waals surface area contributed by atoms with E-state index in [9.17, 15) is 9.59 Å². The number of rotatable bonds is 4. The molecule has 1 aromatic rings. The molecule has 0 saturated carbocycles. The average Bonchev–Trinajstić information content (AvgIpc) is 3.35. The zero-order valence-electron chi connectivity index (χ0n) is 16.7. The number of hydrogen-bond donors (Lipinski definition) is 1. The number of amides is 2. The van der Waals surface area contributed by atoms with Gasteiger partial charge in [0, 0.05) is 52.1 Å². The van der Waals surface area contributed by atoms with E-state index in [0.29, 0.717) is 19.6 Å². The highest BCUT2D eigenvalue weighted by Crippen LogP contribution is 2.27. The first-order chi connectivity index (χ1) is 13.2. The number of benzene rings is 1. The highest BCUT2D eigenvalue weighted by Gasteiger charge is 2.34. The Balaban J connectivity index is 0.00000150. The molecule has 0 aliphatic carbocycles. The van der Waals surface area contributed by atoms with Gasteiger partial charge >= 0.3 is 0 Å². The van der Waals surface area contributed by atoms with Crippen molar-refractivity contribution in [2.24, 2.45) is 0 Å². The van der Waals surface area contributed by atoms with Gasteiger partial charge in [0.25, 0.3) is 0 Å². The molecule has 7 nitrogen and oxygen atoms in total. The summed E-state index contributed by atoms with van der Waals surface area (Å²) < 4.78 is 5.33. The number of para-hydroxylation sites is 1. The number of methoxy groups -OCH3 is 1. The molecule has 2 saturated heterocycles. The van der Waals surface area contributed by atoms with E-state index in [1.165, 1.54) is 5.56 Å². The van der Waals surface area contributed by atoms with Crippen LogP contribution in [0.4, 0.5) is 5.69 Å². The van der Waals surface area contributed by atoms with Crippen molar-refractivity contribution in [1.82, 2.24) is 15.1 Å². The summed E-state index contributed by atoms with van der Waals surface area (Å²) in [5, 5.41) is 3.25. The Kier molecular flexibility index (Phi) is 8.73. The summed E-state index contributed by atoms with van der Waals surface area (Å²) in [4.78, 5) is 31.4. The minimum atomic E-state index is -0.135. The number of ether oxygens (including phenoxy) is 1. The van der Waals surface area contributed by atoms with Gasteiger partial charge in [0.05, 0.1) is 18.7 Å². The molecule has 2 fully saturated rings. The van der Waals surface area contributed by atoms with E-state index < -0.39 is 0 Å². The second-order valence-electron chi connectivity index (χ2n) is 7.58. The lowest BCUT2D eigenvalue weighted by Gasteiger charge is -2.36. The summed E-state index contributed by atoms with van der Waals surface area (Å²) in [5.41, 5.74) is 2.30. The monoisotopic (exact) mass is 444 g/mol. The number of nitrogens with one attached hydrogen (secondary N) is 1. The average molecular weight is 445 g/mol. The number of halogens is 2. The summed E-state index contributed by atoms with van der Waals surface area (Å²) in [6, 6.07) is 8.00. The summed E-state index contributed by atoms with van der Waals surface area (Å²) in [6.07, 6.45) is 1.80. The molecule has 29 heavy (non-hydrogen) atoms. The van der Waals surface area contributed by atoms with Crippen LogP contribution in [0.25, 0.3) is 0 Å². The van der Waals surface area contributed by atoms with Crippen LogP contribution in [0.3, 0.4) is 0 Å². The van der Waals surface area contributed by atoms with Gasteiger partial charge in [-0.25, -0.2) is 0 Å². The molecule has 4 rings (SSSR count). The van der Waals surface area contributed by atoms with Crippen LogP contribution in [-0.4, -0.2) is 86.7 Å². The third-order valence-corrected chi connectivity index (χ3v) is 5.95. The van der Waals surface area contributed by atoms with Crippen molar-refractivity contribution in [3.05, 3.63) is 29.8 Å². The SMILES string of the molecule is CO[C@@H]1CN[C@@H](C(=O)N2CCN(CC(=O)N3CCc4ccccc43)CC2)C1.Cl.Cl. The molecule has 0 bridgehead atoms. The molecule has 0 aromatic heterocycles. The van der Waals surface area contributed by atoms with Gasteiger partial charge in [-0.2, -0.15) is 0 Å². The Labute approximate surface area is 184 Å². The predicted molar refractivity (Wildman–Crippen MR) is 117 cm³/mol. The fraction of sp³-hybridized carbons (Fsp3) is 0.600. The van der Waals surface area contributed by atoms with Crippen molar-refractivity contribution in [2.45, 2.75) is 25.0 Å². The Bertz CT molecular complexity index is 713. The Morgan fingerprint density at radius 1 is 1.10 bits per heavy atom. The molecule has 1 N–H and O–H groups in total. The van der Waals surface area contributed by atoms with Gasteiger partial charge in [0.1, 0.15) is 0 Å². The molecule has 0 spiro atoms. The second kappa shape index (κ2) is 10.6. The largest absolute Gasteiger partial charge is 0.380 e. The standard InChI is InChI=1S/C20H28N4O3.2ClH/c1-27-16-12-17(21-13-16)20(26)23-10-8-22(9-11-23)14-19(25)24-7-6-15-4-2-3-5-18(15)24;;/h2-5,16-17,21H,6-14H2,1H3;2*1H/t16-,17+;;/m0../s1. The van der Waals surface area contributed by atoms with E-state index in [2.05, 4.69) is 16.3 Å². The number of carbonyl (C=O) groups is 2. The first-order valence-corrected chi connectivity index (χ1v) is 9.81. The molecule has 0 radical (unpaired) electrons. The Hall–Kier alpha value is -1.38. The molecule has 3 aliphatic heterocycles. The van der Waals surface area contributed by atoms with Gasteiger partial charge in [-0.05, 0) is 24.5 Å². The molecule has 9 heteroatoms. The number of piperazine rings is 1. The number of fused-ring (bicyclic) bond motifs is 1. The van der Waals surface area contributed by atoms with Gasteiger partial charge in [-0.1, -0.05) is 18.2 Å². The highest BCUT2D eigenvalue weighted by atomic mass is 35.5. The normalized spacial score (nSPS) is 23.9. The number of hydrogen-bond acceptors (Lipinski definition) is 5. The Morgan fingerprint density at radius 2 is 1.83 bits per heavy atom. The number of carbonyl (C=O) groups excluding carboxylic acids is 2. The van der Waals surface area contributed by atoms with Crippen LogP contribution >= 0.6 is 24.8 Å². The van der Waals surface area contributed by atoms with Gasteiger partial charge in [-0.3, -0.25) is 14.5 Å². The first-order valence-electron chi connectivity index (χ1n) is 9.81. The van der Waals surface area contributed by atoms with E-state index in [0.717, 1.165) is 44.7 Å². The smallest absolute Gasteiger partial charge is 0.241 e. The topological polar surface area (TPSA) is 65.1 Å². The zero-order chi connectivity index (χ0) is 18.8. The molecule has 0 unspecified atom stereocenters. The third kappa shape index (κ3) is 5.22.